The summed E-state index contributed by atoms with van der Waals surface area (Å²) in [6.45, 7) is 1.92. The Bertz CT molecular complexity index is 810. The molecule has 0 radical (unpaired) electrons. The first-order valence-electron chi connectivity index (χ1n) is 6.84. The predicted molar refractivity (Wildman–Crippen MR) is 76.5 cm³/mol. The predicted octanol–water partition coefficient (Wildman–Crippen LogP) is 4.05. The van der Waals surface area contributed by atoms with Crippen LogP contribution in [0.3, 0.4) is 0 Å². The third-order valence-electron chi connectivity index (χ3n) is 3.21. The number of alkyl halides is 3. The second-order valence-corrected chi connectivity index (χ2v) is 5.06. The Kier molecular flexibility index (Phi) is 3.85. The Balaban J connectivity index is 1.78. The summed E-state index contributed by atoms with van der Waals surface area (Å²) >= 11 is 0. The standard InChI is InChI=1S/C16H12F3N3O/c1-10-3-2-4-13(20-10)9-11-5-7-12(8-6-11)14-21-15(23-22-14)16(17,18)19/h2-8H,9H2,1H3. The quantitative estimate of drug-likeness (QED) is 0.731. The molecule has 0 atom stereocenters. The highest BCUT2D eigenvalue weighted by atomic mass is 19.4. The van der Waals surface area contributed by atoms with Gasteiger partial charge in [-0.05, 0) is 24.6 Å². The Labute approximate surface area is 130 Å². The summed E-state index contributed by atoms with van der Waals surface area (Å²) in [6, 6.07) is 12.7. The van der Waals surface area contributed by atoms with E-state index in [1.807, 2.05) is 37.3 Å². The molecule has 0 aliphatic rings. The van der Waals surface area contributed by atoms with Gasteiger partial charge in [0.2, 0.25) is 5.82 Å². The molecule has 7 heteroatoms. The zero-order valence-corrected chi connectivity index (χ0v) is 12.1. The average molecular weight is 319 g/mol. The molecule has 3 rings (SSSR count). The van der Waals surface area contributed by atoms with Crippen molar-refractivity contribution in [2.24, 2.45) is 0 Å². The van der Waals surface area contributed by atoms with E-state index in [1.165, 1.54) is 0 Å². The van der Waals surface area contributed by atoms with Crippen LogP contribution < -0.4 is 0 Å². The number of hydrogen-bond donors (Lipinski definition) is 0. The van der Waals surface area contributed by atoms with Crippen LogP contribution >= 0.6 is 0 Å². The summed E-state index contributed by atoms with van der Waals surface area (Å²) in [4.78, 5) is 7.78. The highest BCUT2D eigenvalue weighted by Crippen LogP contribution is 2.29. The Morgan fingerprint density at radius 2 is 1.74 bits per heavy atom. The Morgan fingerprint density at radius 1 is 1.00 bits per heavy atom. The molecule has 118 valence electrons. The van der Waals surface area contributed by atoms with Crippen LogP contribution in [0.1, 0.15) is 22.8 Å². The zero-order chi connectivity index (χ0) is 16.4. The summed E-state index contributed by atoms with van der Waals surface area (Å²) in [5, 5.41) is 3.36. The highest BCUT2D eigenvalue weighted by Gasteiger charge is 2.38. The van der Waals surface area contributed by atoms with E-state index in [0.717, 1.165) is 17.0 Å². The van der Waals surface area contributed by atoms with Gasteiger partial charge < -0.3 is 4.52 Å². The molecule has 0 amide bonds. The summed E-state index contributed by atoms with van der Waals surface area (Å²) in [5.41, 5.74) is 3.32. The fraction of sp³-hybridized carbons (Fsp3) is 0.188. The molecule has 2 heterocycles. The van der Waals surface area contributed by atoms with Gasteiger partial charge in [0, 0.05) is 23.4 Å². The van der Waals surface area contributed by atoms with E-state index in [4.69, 9.17) is 0 Å². The SMILES string of the molecule is Cc1cccc(Cc2ccc(-c3noc(C(F)(F)F)n3)cc2)n1. The molecular formula is C16H12F3N3O. The summed E-state index contributed by atoms with van der Waals surface area (Å²) in [5.74, 6) is -1.43. The monoisotopic (exact) mass is 319 g/mol. The third kappa shape index (κ3) is 3.56. The molecular weight excluding hydrogens is 307 g/mol. The molecule has 4 nitrogen and oxygen atoms in total. The Morgan fingerprint density at radius 3 is 2.35 bits per heavy atom. The van der Waals surface area contributed by atoms with Crippen LogP contribution in [-0.2, 0) is 12.6 Å². The smallest absolute Gasteiger partial charge is 0.329 e. The van der Waals surface area contributed by atoms with Crippen molar-refractivity contribution in [2.45, 2.75) is 19.5 Å². The fourth-order valence-electron chi connectivity index (χ4n) is 2.13. The van der Waals surface area contributed by atoms with Crippen LogP contribution in [0.4, 0.5) is 13.2 Å². The van der Waals surface area contributed by atoms with E-state index in [0.29, 0.717) is 12.0 Å². The number of nitrogens with zero attached hydrogens (tertiary/aromatic N) is 3. The van der Waals surface area contributed by atoms with Crippen molar-refractivity contribution < 1.29 is 17.7 Å². The molecule has 0 unspecified atom stereocenters. The zero-order valence-electron chi connectivity index (χ0n) is 12.1. The number of hydrogen-bond acceptors (Lipinski definition) is 4. The lowest BCUT2D eigenvalue weighted by Gasteiger charge is -2.03. The summed E-state index contributed by atoms with van der Waals surface area (Å²) in [6.07, 6.45) is -4.00. The number of rotatable bonds is 3. The van der Waals surface area contributed by atoms with Gasteiger partial charge in [-0.2, -0.15) is 18.2 Å². The van der Waals surface area contributed by atoms with Gasteiger partial charge in [-0.25, -0.2) is 0 Å². The van der Waals surface area contributed by atoms with Gasteiger partial charge in [-0.3, -0.25) is 4.98 Å². The summed E-state index contributed by atoms with van der Waals surface area (Å²) in [7, 11) is 0. The lowest BCUT2D eigenvalue weighted by molar-refractivity contribution is -0.159. The van der Waals surface area contributed by atoms with Crippen molar-refractivity contribution in [2.75, 3.05) is 0 Å². The maximum Gasteiger partial charge on any atom is 0.471 e. The first kappa shape index (κ1) is 15.2. The third-order valence-corrected chi connectivity index (χ3v) is 3.21. The van der Waals surface area contributed by atoms with Gasteiger partial charge in [0.1, 0.15) is 0 Å². The van der Waals surface area contributed by atoms with Crippen LogP contribution in [0.2, 0.25) is 0 Å². The van der Waals surface area contributed by atoms with Crippen molar-refractivity contribution in [3.8, 4) is 11.4 Å². The molecule has 0 aliphatic heterocycles. The molecule has 0 saturated heterocycles. The normalized spacial score (nSPS) is 11.7. The lowest BCUT2D eigenvalue weighted by Crippen LogP contribution is -2.04. The van der Waals surface area contributed by atoms with Crippen molar-refractivity contribution in [3.05, 3.63) is 65.3 Å². The maximum absolute atomic E-state index is 12.5. The molecule has 2 aromatic heterocycles. The molecule has 0 saturated carbocycles. The van der Waals surface area contributed by atoms with E-state index in [9.17, 15) is 13.2 Å². The van der Waals surface area contributed by atoms with Crippen LogP contribution in [0.25, 0.3) is 11.4 Å². The molecule has 0 fully saturated rings. The second-order valence-electron chi connectivity index (χ2n) is 5.06. The number of halogens is 3. The molecule has 0 aliphatic carbocycles. The minimum Gasteiger partial charge on any atom is -0.329 e. The first-order chi connectivity index (χ1) is 10.9. The largest absolute Gasteiger partial charge is 0.471 e. The number of pyridine rings is 1. The number of benzene rings is 1. The Hall–Kier alpha value is -2.70. The van der Waals surface area contributed by atoms with E-state index < -0.39 is 12.1 Å². The van der Waals surface area contributed by atoms with Crippen LogP contribution in [0.5, 0.6) is 0 Å². The van der Waals surface area contributed by atoms with Crippen molar-refractivity contribution in [1.29, 1.82) is 0 Å². The molecule has 0 N–H and O–H groups in total. The van der Waals surface area contributed by atoms with E-state index in [-0.39, 0.29) is 5.82 Å². The topological polar surface area (TPSA) is 51.8 Å². The number of aromatic nitrogens is 3. The molecule has 1 aromatic carbocycles. The highest BCUT2D eigenvalue weighted by molar-refractivity contribution is 5.54. The van der Waals surface area contributed by atoms with Crippen molar-refractivity contribution in [3.63, 3.8) is 0 Å². The molecule has 3 aromatic rings. The molecule has 0 bridgehead atoms. The minimum absolute atomic E-state index is 0.0856. The molecule has 23 heavy (non-hydrogen) atoms. The van der Waals surface area contributed by atoms with Gasteiger partial charge in [-0.1, -0.05) is 35.5 Å². The van der Waals surface area contributed by atoms with E-state index in [2.05, 4.69) is 19.6 Å². The van der Waals surface area contributed by atoms with Gasteiger partial charge in [0.15, 0.2) is 0 Å². The molecule has 0 spiro atoms. The fourth-order valence-corrected chi connectivity index (χ4v) is 2.13. The van der Waals surface area contributed by atoms with Gasteiger partial charge in [0.05, 0.1) is 0 Å². The second kappa shape index (κ2) is 5.83. The van der Waals surface area contributed by atoms with Crippen molar-refractivity contribution in [1.82, 2.24) is 15.1 Å². The minimum atomic E-state index is -4.64. The van der Waals surface area contributed by atoms with Gasteiger partial charge >= 0.3 is 12.1 Å². The maximum atomic E-state index is 12.5. The lowest BCUT2D eigenvalue weighted by atomic mass is 10.1. The van der Waals surface area contributed by atoms with Crippen LogP contribution in [-0.4, -0.2) is 15.1 Å². The van der Waals surface area contributed by atoms with Crippen molar-refractivity contribution >= 4 is 0 Å². The van der Waals surface area contributed by atoms with Gasteiger partial charge in [-0.15, -0.1) is 0 Å². The average Bonchev–Trinajstić information content (AvgIpc) is 2.98. The van der Waals surface area contributed by atoms with Crippen LogP contribution in [0, 0.1) is 6.92 Å². The van der Waals surface area contributed by atoms with Gasteiger partial charge in [0.25, 0.3) is 0 Å². The summed E-state index contributed by atoms with van der Waals surface area (Å²) < 4.78 is 41.6. The first-order valence-corrected chi connectivity index (χ1v) is 6.84. The van der Waals surface area contributed by atoms with Crippen LogP contribution in [0.15, 0.2) is 47.0 Å². The van der Waals surface area contributed by atoms with E-state index in [1.54, 1.807) is 12.1 Å². The number of aryl methyl sites for hydroxylation is 1. The van der Waals surface area contributed by atoms with E-state index >= 15 is 0 Å².